The molecule has 104 valence electrons. The van der Waals surface area contributed by atoms with E-state index in [2.05, 4.69) is 0 Å². The zero-order chi connectivity index (χ0) is 13.5. The molecule has 1 nitrogen and oxygen atoms in total. The molecule has 1 heterocycles. The topological polar surface area (TPSA) is 12.5 Å². The average Bonchev–Trinajstić information content (AvgIpc) is 2.91. The van der Waals surface area contributed by atoms with Gasteiger partial charge in [-0.15, -0.1) is 23.2 Å². The summed E-state index contributed by atoms with van der Waals surface area (Å²) >= 11 is 39.5. The Kier molecular flexibility index (Phi) is 2.18. The van der Waals surface area contributed by atoms with Crippen LogP contribution >= 0.6 is 69.6 Å². The highest BCUT2D eigenvalue weighted by Crippen LogP contribution is 2.84. The number of rotatable bonds is 0. The molecule has 5 aliphatic rings. The second kappa shape index (κ2) is 3.20. The van der Waals surface area contributed by atoms with Gasteiger partial charge in [0.25, 0.3) is 0 Å². The number of hydrogen-bond acceptors (Lipinski definition) is 1. The molecule has 4 bridgehead atoms. The molecular weight excluding hydrogens is 373 g/mol. The van der Waals surface area contributed by atoms with Crippen LogP contribution in [0.3, 0.4) is 0 Å². The second-order valence-electron chi connectivity index (χ2n) is 6.31. The van der Waals surface area contributed by atoms with Crippen molar-refractivity contribution < 1.29 is 4.74 Å². The number of alkyl halides is 4. The lowest BCUT2D eigenvalue weighted by molar-refractivity contribution is 0.237. The Morgan fingerprint density at radius 3 is 1.68 bits per heavy atom. The van der Waals surface area contributed by atoms with Crippen LogP contribution in [0.15, 0.2) is 10.1 Å². The summed E-state index contributed by atoms with van der Waals surface area (Å²) in [5.41, 5.74) is 0. The molecule has 1 saturated heterocycles. The fourth-order valence-electron chi connectivity index (χ4n) is 5.30. The number of hydrogen-bond donors (Lipinski definition) is 0. The highest BCUT2D eigenvalue weighted by Gasteiger charge is 2.89. The predicted molar refractivity (Wildman–Crippen MR) is 77.6 cm³/mol. The van der Waals surface area contributed by atoms with E-state index in [1.54, 1.807) is 0 Å². The summed E-state index contributed by atoms with van der Waals surface area (Å²) in [5.74, 6) is 0.776. The summed E-state index contributed by atoms with van der Waals surface area (Å²) in [6.45, 7) is 0. The molecule has 4 fully saturated rings. The fourth-order valence-corrected chi connectivity index (χ4v) is 8.43. The summed E-state index contributed by atoms with van der Waals surface area (Å²) in [7, 11) is 0. The van der Waals surface area contributed by atoms with E-state index in [4.69, 9.17) is 74.3 Å². The third-order valence-corrected chi connectivity index (χ3v) is 10.2. The van der Waals surface area contributed by atoms with E-state index in [-0.39, 0.29) is 24.0 Å². The number of epoxide rings is 1. The Morgan fingerprint density at radius 2 is 1.26 bits per heavy atom. The largest absolute Gasteiger partial charge is 0.369 e. The van der Waals surface area contributed by atoms with Crippen molar-refractivity contribution in [3.8, 4) is 0 Å². The lowest BCUT2D eigenvalue weighted by atomic mass is 9.73. The summed E-state index contributed by atoms with van der Waals surface area (Å²) < 4.78 is 4.35. The molecule has 0 aromatic rings. The lowest BCUT2D eigenvalue weighted by Gasteiger charge is -2.38. The van der Waals surface area contributed by atoms with Crippen molar-refractivity contribution in [3.63, 3.8) is 0 Å². The highest BCUT2D eigenvalue weighted by atomic mass is 35.5. The van der Waals surface area contributed by atoms with Crippen LogP contribution in [0.5, 0.6) is 0 Å². The predicted octanol–water partition coefficient (Wildman–Crippen LogP) is 4.48. The first-order valence-corrected chi connectivity index (χ1v) is 8.52. The van der Waals surface area contributed by atoms with Crippen molar-refractivity contribution in [2.75, 3.05) is 0 Å². The molecule has 0 radical (unpaired) electrons. The molecule has 19 heavy (non-hydrogen) atoms. The summed E-state index contributed by atoms with van der Waals surface area (Å²) in [4.78, 5) is -2.17. The average molecular weight is 381 g/mol. The first-order valence-electron chi connectivity index (χ1n) is 6.25. The van der Waals surface area contributed by atoms with Crippen LogP contribution in [-0.2, 0) is 4.74 Å². The van der Waals surface area contributed by atoms with E-state index < -0.39 is 14.1 Å². The number of halogens is 6. The fraction of sp³-hybridized carbons (Fsp3) is 0.833. The van der Waals surface area contributed by atoms with Crippen LogP contribution in [0.25, 0.3) is 0 Å². The molecule has 7 heteroatoms. The minimum atomic E-state index is -1.37. The molecule has 3 saturated carbocycles. The molecule has 8 atom stereocenters. The SMILES string of the molecule is ClC1=C(Cl)[C@]2(Cl)C3C([C@H]4C[C@@H]3[C@@H]3O[C@@H]34)[C@@]1(Cl)C2(Cl)Cl. The molecule has 0 aromatic heterocycles. The maximum absolute atomic E-state index is 6.82. The van der Waals surface area contributed by atoms with Gasteiger partial charge in [0.2, 0.25) is 0 Å². The van der Waals surface area contributed by atoms with E-state index >= 15 is 0 Å². The molecule has 0 aromatic carbocycles. The van der Waals surface area contributed by atoms with Crippen molar-refractivity contribution >= 4 is 69.6 Å². The van der Waals surface area contributed by atoms with Crippen LogP contribution in [0.1, 0.15) is 6.42 Å². The first kappa shape index (κ1) is 12.9. The van der Waals surface area contributed by atoms with Gasteiger partial charge in [-0.25, -0.2) is 0 Å². The van der Waals surface area contributed by atoms with Gasteiger partial charge in [-0.2, -0.15) is 0 Å². The van der Waals surface area contributed by atoms with Crippen molar-refractivity contribution in [2.24, 2.45) is 23.7 Å². The maximum atomic E-state index is 6.82. The van der Waals surface area contributed by atoms with E-state index in [1.165, 1.54) is 0 Å². The standard InChI is InChI=1S/C12H8Cl6O/c13-8-9(14)11(16)5-3-1-2(6-7(3)19-6)4(5)10(8,15)12(11,17)18/h2-7H,1H2/t2-,3+,4?,5?,6-,7+,10+,11-. The van der Waals surface area contributed by atoms with Crippen molar-refractivity contribution in [1.82, 2.24) is 0 Å². The molecule has 0 N–H and O–H groups in total. The van der Waals surface area contributed by atoms with Gasteiger partial charge >= 0.3 is 0 Å². The molecular formula is C12H8Cl6O. The van der Waals surface area contributed by atoms with Crippen LogP contribution in [-0.4, -0.2) is 26.3 Å². The summed E-state index contributed by atoms with van der Waals surface area (Å²) in [5, 5.41) is 0.642. The minimum Gasteiger partial charge on any atom is -0.369 e. The second-order valence-corrected chi connectivity index (χ2v) is 9.58. The Morgan fingerprint density at radius 1 is 0.842 bits per heavy atom. The van der Waals surface area contributed by atoms with Gasteiger partial charge < -0.3 is 4.74 Å². The Hall–Kier alpha value is 1.44. The molecule has 1 aliphatic heterocycles. The Bertz CT molecular complexity index is 516. The summed E-state index contributed by atoms with van der Waals surface area (Å²) in [6, 6.07) is 0. The van der Waals surface area contributed by atoms with Crippen molar-refractivity contribution in [3.05, 3.63) is 10.1 Å². The quantitative estimate of drug-likeness (QED) is 0.343. The van der Waals surface area contributed by atoms with Gasteiger partial charge in [-0.3, -0.25) is 0 Å². The smallest absolute Gasteiger partial charge is 0.166 e. The van der Waals surface area contributed by atoms with E-state index in [0.29, 0.717) is 21.9 Å². The minimum absolute atomic E-state index is 0.0467. The van der Waals surface area contributed by atoms with Crippen molar-refractivity contribution in [2.45, 2.75) is 32.7 Å². The molecule has 4 aliphatic carbocycles. The highest BCUT2D eigenvalue weighted by molar-refractivity contribution is 6.65. The summed E-state index contributed by atoms with van der Waals surface area (Å²) in [6.07, 6.45) is 1.63. The number of fused-ring (bicyclic) bond motifs is 12. The van der Waals surface area contributed by atoms with Crippen LogP contribution < -0.4 is 0 Å². The van der Waals surface area contributed by atoms with E-state index in [1.807, 2.05) is 0 Å². The van der Waals surface area contributed by atoms with Gasteiger partial charge in [-0.05, 0) is 30.1 Å². The van der Waals surface area contributed by atoms with E-state index in [0.717, 1.165) is 6.42 Å². The van der Waals surface area contributed by atoms with E-state index in [9.17, 15) is 0 Å². The van der Waals surface area contributed by atoms with Crippen LogP contribution in [0.2, 0.25) is 0 Å². The zero-order valence-corrected chi connectivity index (χ0v) is 13.9. The zero-order valence-electron chi connectivity index (χ0n) is 9.35. The number of ether oxygens (including phenoxy) is 1. The maximum Gasteiger partial charge on any atom is 0.166 e. The van der Waals surface area contributed by atoms with Gasteiger partial charge in [-0.1, -0.05) is 46.4 Å². The lowest BCUT2D eigenvalue weighted by Crippen LogP contribution is -2.46. The number of allylic oxidation sites excluding steroid dienone is 2. The van der Waals surface area contributed by atoms with Gasteiger partial charge in [0.1, 0.15) is 9.75 Å². The normalized spacial score (nSPS) is 66.6. The molecule has 5 rings (SSSR count). The first-order chi connectivity index (χ1) is 8.78. The van der Waals surface area contributed by atoms with Crippen LogP contribution in [0, 0.1) is 23.7 Å². The monoisotopic (exact) mass is 378 g/mol. The van der Waals surface area contributed by atoms with Crippen LogP contribution in [0.4, 0.5) is 0 Å². The van der Waals surface area contributed by atoms with Gasteiger partial charge in [0.15, 0.2) is 4.33 Å². The van der Waals surface area contributed by atoms with Gasteiger partial charge in [0, 0.05) is 0 Å². The third kappa shape index (κ3) is 0.986. The van der Waals surface area contributed by atoms with Gasteiger partial charge in [0.05, 0.1) is 22.3 Å². The molecule has 2 unspecified atom stereocenters. The third-order valence-electron chi connectivity index (χ3n) is 5.92. The molecule has 0 spiro atoms. The Balaban J connectivity index is 1.80. The molecule has 0 amide bonds. The Labute approximate surface area is 140 Å². The van der Waals surface area contributed by atoms with Crippen molar-refractivity contribution in [1.29, 1.82) is 0 Å².